The molecule has 0 unspecified atom stereocenters. The second-order valence-electron chi connectivity index (χ2n) is 4.36. The van der Waals surface area contributed by atoms with E-state index in [1.165, 1.54) is 19.2 Å². The van der Waals surface area contributed by atoms with Crippen LogP contribution in [0.3, 0.4) is 0 Å². The average Bonchev–Trinajstić information content (AvgIpc) is 2.31. The summed E-state index contributed by atoms with van der Waals surface area (Å²) in [6.45, 7) is 5.56. The van der Waals surface area contributed by atoms with Crippen molar-refractivity contribution in [3.05, 3.63) is 24.0 Å². The van der Waals surface area contributed by atoms with Crippen LogP contribution in [-0.2, 0) is 9.53 Å². The maximum Gasteiger partial charge on any atom is 0.253 e. The number of benzene rings is 1. The topological polar surface area (TPSA) is 50.4 Å². The van der Waals surface area contributed by atoms with Gasteiger partial charge in [-0.3, -0.25) is 4.79 Å². The zero-order valence-electron chi connectivity index (χ0n) is 11.1. The lowest BCUT2D eigenvalue weighted by atomic mass is 10.2. The van der Waals surface area contributed by atoms with Crippen LogP contribution in [-0.4, -0.2) is 25.2 Å². The van der Waals surface area contributed by atoms with E-state index in [1.54, 1.807) is 13.0 Å². The lowest BCUT2D eigenvalue weighted by Gasteiger charge is -2.17. The van der Waals surface area contributed by atoms with Crippen LogP contribution in [0.4, 0.5) is 15.8 Å². The molecular weight excluding hydrogens is 235 g/mol. The molecule has 5 heteroatoms. The Hall–Kier alpha value is -1.62. The minimum Gasteiger partial charge on any atom is -0.381 e. The summed E-state index contributed by atoms with van der Waals surface area (Å²) in [6, 6.07) is 4.42. The molecule has 1 aromatic rings. The third kappa shape index (κ3) is 4.00. The van der Waals surface area contributed by atoms with Crippen molar-refractivity contribution in [1.29, 1.82) is 0 Å². The highest BCUT2D eigenvalue weighted by Gasteiger charge is 2.14. The molecule has 0 aromatic heterocycles. The Morgan fingerprint density at radius 2 is 1.94 bits per heavy atom. The number of amides is 1. The molecule has 0 aliphatic rings. The first-order valence-electron chi connectivity index (χ1n) is 5.83. The molecule has 0 fully saturated rings. The summed E-state index contributed by atoms with van der Waals surface area (Å²) in [5.41, 5.74) is 1.10. The smallest absolute Gasteiger partial charge is 0.253 e. The summed E-state index contributed by atoms with van der Waals surface area (Å²) in [5.74, 6) is -0.709. The van der Waals surface area contributed by atoms with E-state index in [9.17, 15) is 9.18 Å². The van der Waals surface area contributed by atoms with E-state index in [1.807, 2.05) is 13.8 Å². The quantitative estimate of drug-likeness (QED) is 0.849. The van der Waals surface area contributed by atoms with Crippen molar-refractivity contribution in [1.82, 2.24) is 0 Å². The van der Waals surface area contributed by atoms with Gasteiger partial charge in [-0.2, -0.15) is 0 Å². The van der Waals surface area contributed by atoms with Gasteiger partial charge in [-0.05, 0) is 39.0 Å². The number of nitrogens with one attached hydrogen (secondary N) is 2. The number of carbonyl (C=O) groups excluding carboxylic acids is 1. The van der Waals surface area contributed by atoms with E-state index in [0.29, 0.717) is 11.4 Å². The first-order chi connectivity index (χ1) is 8.43. The SMILES string of the molecule is CO[C@H](C)C(=O)Nc1cc(F)ccc1NC(C)C. The summed E-state index contributed by atoms with van der Waals surface area (Å²) >= 11 is 0. The lowest BCUT2D eigenvalue weighted by molar-refractivity contribution is -0.124. The van der Waals surface area contributed by atoms with Crippen molar-refractivity contribution in [2.45, 2.75) is 32.9 Å². The Balaban J connectivity index is 2.91. The van der Waals surface area contributed by atoms with Gasteiger partial charge in [-0.25, -0.2) is 4.39 Å². The molecule has 2 N–H and O–H groups in total. The predicted molar refractivity (Wildman–Crippen MR) is 70.3 cm³/mol. The summed E-state index contributed by atoms with van der Waals surface area (Å²) in [4.78, 5) is 11.7. The Labute approximate surface area is 107 Å². The number of ether oxygens (including phenoxy) is 1. The molecule has 0 radical (unpaired) electrons. The standard InChI is InChI=1S/C13H19FN2O2/c1-8(2)15-11-6-5-10(14)7-12(11)16-13(17)9(3)18-4/h5-9,15H,1-4H3,(H,16,17)/t9-/m1/s1. The van der Waals surface area contributed by atoms with Gasteiger partial charge in [-0.1, -0.05) is 0 Å². The molecule has 1 rings (SSSR count). The van der Waals surface area contributed by atoms with E-state index in [-0.39, 0.29) is 11.9 Å². The fourth-order valence-corrected chi connectivity index (χ4v) is 1.40. The Morgan fingerprint density at radius 3 is 2.50 bits per heavy atom. The van der Waals surface area contributed by atoms with Crippen molar-refractivity contribution in [2.24, 2.45) is 0 Å². The van der Waals surface area contributed by atoms with Gasteiger partial charge in [0.1, 0.15) is 11.9 Å². The number of methoxy groups -OCH3 is 1. The Morgan fingerprint density at radius 1 is 1.28 bits per heavy atom. The van der Waals surface area contributed by atoms with Crippen molar-refractivity contribution in [3.8, 4) is 0 Å². The molecule has 100 valence electrons. The van der Waals surface area contributed by atoms with Gasteiger partial charge >= 0.3 is 0 Å². The monoisotopic (exact) mass is 254 g/mol. The number of hydrogen-bond donors (Lipinski definition) is 2. The van der Waals surface area contributed by atoms with Crippen LogP contribution in [0.1, 0.15) is 20.8 Å². The average molecular weight is 254 g/mol. The summed E-state index contributed by atoms with van der Waals surface area (Å²) in [6.07, 6.45) is -0.583. The van der Waals surface area contributed by atoms with E-state index in [2.05, 4.69) is 10.6 Å². The van der Waals surface area contributed by atoms with Crippen molar-refractivity contribution in [2.75, 3.05) is 17.7 Å². The Bertz CT molecular complexity index is 421. The third-order valence-corrected chi connectivity index (χ3v) is 2.41. The van der Waals surface area contributed by atoms with E-state index in [4.69, 9.17) is 4.74 Å². The van der Waals surface area contributed by atoms with E-state index in [0.717, 1.165) is 0 Å². The van der Waals surface area contributed by atoms with Crippen LogP contribution in [0.15, 0.2) is 18.2 Å². The third-order valence-electron chi connectivity index (χ3n) is 2.41. The van der Waals surface area contributed by atoms with Crippen molar-refractivity contribution in [3.63, 3.8) is 0 Å². The minimum atomic E-state index is -0.583. The zero-order chi connectivity index (χ0) is 13.7. The van der Waals surface area contributed by atoms with Crippen LogP contribution in [0, 0.1) is 5.82 Å². The summed E-state index contributed by atoms with van der Waals surface area (Å²) in [5, 5.41) is 5.78. The first-order valence-corrected chi connectivity index (χ1v) is 5.83. The van der Waals surface area contributed by atoms with Gasteiger partial charge in [0.2, 0.25) is 0 Å². The predicted octanol–water partition coefficient (Wildman–Crippen LogP) is 2.62. The zero-order valence-corrected chi connectivity index (χ0v) is 11.1. The maximum atomic E-state index is 13.2. The van der Waals surface area contributed by atoms with Crippen molar-refractivity contribution >= 4 is 17.3 Å². The van der Waals surface area contributed by atoms with Gasteiger partial charge in [-0.15, -0.1) is 0 Å². The number of anilines is 2. The summed E-state index contributed by atoms with van der Waals surface area (Å²) < 4.78 is 18.1. The molecule has 1 atom stereocenters. The second kappa shape index (κ2) is 6.35. The molecule has 0 aliphatic heterocycles. The fraction of sp³-hybridized carbons (Fsp3) is 0.462. The fourth-order valence-electron chi connectivity index (χ4n) is 1.40. The molecule has 1 amide bonds. The molecule has 1 aromatic carbocycles. The molecule has 4 nitrogen and oxygen atoms in total. The normalized spacial score (nSPS) is 12.3. The van der Waals surface area contributed by atoms with E-state index < -0.39 is 11.9 Å². The first kappa shape index (κ1) is 14.4. The maximum absolute atomic E-state index is 13.2. The Kier molecular flexibility index (Phi) is 5.09. The highest BCUT2D eigenvalue weighted by molar-refractivity contribution is 5.96. The molecule has 0 aliphatic carbocycles. The number of carbonyl (C=O) groups is 1. The number of hydrogen-bond acceptors (Lipinski definition) is 3. The number of halogens is 1. The van der Waals surface area contributed by atoms with Gasteiger partial charge < -0.3 is 15.4 Å². The molecule has 18 heavy (non-hydrogen) atoms. The molecule has 0 spiro atoms. The van der Waals surface area contributed by atoms with Crippen LogP contribution in [0.25, 0.3) is 0 Å². The van der Waals surface area contributed by atoms with E-state index >= 15 is 0 Å². The van der Waals surface area contributed by atoms with Gasteiger partial charge in [0.15, 0.2) is 0 Å². The van der Waals surface area contributed by atoms with Crippen molar-refractivity contribution < 1.29 is 13.9 Å². The molecular formula is C13H19FN2O2. The van der Waals surface area contributed by atoms with Crippen LogP contribution in [0.5, 0.6) is 0 Å². The van der Waals surface area contributed by atoms with Crippen LogP contribution >= 0.6 is 0 Å². The van der Waals surface area contributed by atoms with Crippen LogP contribution in [0.2, 0.25) is 0 Å². The van der Waals surface area contributed by atoms with Crippen LogP contribution < -0.4 is 10.6 Å². The lowest BCUT2D eigenvalue weighted by Crippen LogP contribution is -2.27. The number of rotatable bonds is 5. The summed E-state index contributed by atoms with van der Waals surface area (Å²) in [7, 11) is 1.45. The largest absolute Gasteiger partial charge is 0.381 e. The molecule has 0 saturated carbocycles. The highest BCUT2D eigenvalue weighted by atomic mass is 19.1. The van der Waals surface area contributed by atoms with Gasteiger partial charge in [0, 0.05) is 13.2 Å². The molecule has 0 heterocycles. The molecule has 0 bridgehead atoms. The molecule has 0 saturated heterocycles. The minimum absolute atomic E-state index is 0.186. The second-order valence-corrected chi connectivity index (χ2v) is 4.36. The highest BCUT2D eigenvalue weighted by Crippen LogP contribution is 2.23. The van der Waals surface area contributed by atoms with Gasteiger partial charge in [0.05, 0.1) is 11.4 Å². The van der Waals surface area contributed by atoms with Gasteiger partial charge in [0.25, 0.3) is 5.91 Å².